The van der Waals surface area contributed by atoms with Crippen molar-refractivity contribution in [2.75, 3.05) is 25.4 Å². The fourth-order valence-electron chi connectivity index (χ4n) is 3.41. The summed E-state index contributed by atoms with van der Waals surface area (Å²) in [5.74, 6) is 0.913. The molecular formula is C23H36N2O3S. The van der Waals surface area contributed by atoms with Crippen LogP contribution in [0.2, 0.25) is 0 Å². The van der Waals surface area contributed by atoms with E-state index in [0.29, 0.717) is 18.8 Å². The zero-order chi connectivity index (χ0) is 21.6. The minimum atomic E-state index is -0.508. The van der Waals surface area contributed by atoms with E-state index in [9.17, 15) is 9.59 Å². The van der Waals surface area contributed by atoms with Crippen molar-refractivity contribution >= 4 is 23.8 Å². The van der Waals surface area contributed by atoms with E-state index in [4.69, 9.17) is 4.74 Å². The molecular weight excluding hydrogens is 384 g/mol. The van der Waals surface area contributed by atoms with Crippen molar-refractivity contribution in [3.8, 4) is 0 Å². The van der Waals surface area contributed by atoms with Gasteiger partial charge in [0.25, 0.3) is 0 Å². The number of amides is 2. The highest BCUT2D eigenvalue weighted by Crippen LogP contribution is 2.23. The number of piperidine rings is 1. The lowest BCUT2D eigenvalue weighted by molar-refractivity contribution is -0.130. The summed E-state index contributed by atoms with van der Waals surface area (Å²) < 4.78 is 5.58. The molecule has 1 aliphatic rings. The number of aryl methyl sites for hydroxylation is 1. The Hall–Kier alpha value is -1.69. The molecule has 5 nitrogen and oxygen atoms in total. The Kier molecular flexibility index (Phi) is 8.44. The van der Waals surface area contributed by atoms with Gasteiger partial charge in [-0.2, -0.15) is 0 Å². The van der Waals surface area contributed by atoms with Gasteiger partial charge < -0.3 is 14.5 Å². The molecule has 0 bridgehead atoms. The van der Waals surface area contributed by atoms with E-state index in [1.165, 1.54) is 5.56 Å². The van der Waals surface area contributed by atoms with Gasteiger partial charge in [-0.3, -0.25) is 4.79 Å². The van der Waals surface area contributed by atoms with E-state index in [2.05, 4.69) is 31.2 Å². The van der Waals surface area contributed by atoms with Crippen LogP contribution in [0.15, 0.2) is 29.2 Å². The lowest BCUT2D eigenvalue weighted by Crippen LogP contribution is -2.48. The summed E-state index contributed by atoms with van der Waals surface area (Å²) in [6, 6.07) is 8.33. The number of hydrogen-bond acceptors (Lipinski definition) is 4. The van der Waals surface area contributed by atoms with Gasteiger partial charge in [-0.05, 0) is 72.4 Å². The molecule has 1 unspecified atom stereocenters. The van der Waals surface area contributed by atoms with Gasteiger partial charge in [0, 0.05) is 30.6 Å². The predicted octanol–water partition coefficient (Wildman–Crippen LogP) is 4.97. The third kappa shape index (κ3) is 7.92. The van der Waals surface area contributed by atoms with Crippen LogP contribution in [0.5, 0.6) is 0 Å². The molecule has 6 heteroatoms. The number of carbonyl (C=O) groups excluding carboxylic acids is 2. The summed E-state index contributed by atoms with van der Waals surface area (Å²) in [7, 11) is 0. The van der Waals surface area contributed by atoms with Gasteiger partial charge in [0.2, 0.25) is 5.91 Å². The van der Waals surface area contributed by atoms with E-state index < -0.39 is 5.60 Å². The normalized spacial score (nSPS) is 17.3. The molecule has 1 aromatic carbocycles. The summed E-state index contributed by atoms with van der Waals surface area (Å²) >= 11 is 1.59. The van der Waals surface area contributed by atoms with E-state index in [1.54, 1.807) is 16.7 Å². The van der Waals surface area contributed by atoms with Crippen LogP contribution in [0.4, 0.5) is 4.79 Å². The zero-order valence-electron chi connectivity index (χ0n) is 18.7. The second-order valence-corrected chi connectivity index (χ2v) is 10.2. The van der Waals surface area contributed by atoms with Crippen LogP contribution in [0.25, 0.3) is 0 Å². The van der Waals surface area contributed by atoms with Crippen LogP contribution >= 0.6 is 11.8 Å². The zero-order valence-corrected chi connectivity index (χ0v) is 19.6. The Morgan fingerprint density at radius 2 is 1.90 bits per heavy atom. The van der Waals surface area contributed by atoms with Crippen LogP contribution in [0.1, 0.15) is 53.0 Å². The number of likely N-dealkylation sites (tertiary alicyclic amines) is 1. The molecule has 1 aromatic rings. The Morgan fingerprint density at radius 1 is 1.24 bits per heavy atom. The SMILES string of the molecule is Cc1ccc(SCC(=O)N2CCCC(CN(C(=O)OC(C)(C)C)C(C)C)C2)cc1. The van der Waals surface area contributed by atoms with Crippen LogP contribution in [-0.4, -0.2) is 58.8 Å². The second-order valence-electron chi connectivity index (χ2n) is 9.18. The van der Waals surface area contributed by atoms with Crippen LogP contribution in [0.3, 0.4) is 0 Å². The predicted molar refractivity (Wildman–Crippen MR) is 119 cm³/mol. The Bertz CT molecular complexity index is 682. The highest BCUT2D eigenvalue weighted by atomic mass is 32.2. The summed E-state index contributed by atoms with van der Waals surface area (Å²) in [6.07, 6.45) is 1.73. The van der Waals surface area contributed by atoms with Gasteiger partial charge in [0.15, 0.2) is 0 Å². The van der Waals surface area contributed by atoms with Crippen molar-refractivity contribution in [2.24, 2.45) is 5.92 Å². The molecule has 2 rings (SSSR count). The monoisotopic (exact) mass is 420 g/mol. The van der Waals surface area contributed by atoms with Gasteiger partial charge in [0.05, 0.1) is 5.75 Å². The quantitative estimate of drug-likeness (QED) is 0.610. The van der Waals surface area contributed by atoms with E-state index >= 15 is 0 Å². The number of benzene rings is 1. The van der Waals surface area contributed by atoms with E-state index in [1.807, 2.05) is 39.5 Å². The highest BCUT2D eigenvalue weighted by Gasteiger charge is 2.30. The smallest absolute Gasteiger partial charge is 0.410 e. The molecule has 0 aliphatic carbocycles. The van der Waals surface area contributed by atoms with E-state index in [-0.39, 0.29) is 24.0 Å². The van der Waals surface area contributed by atoms with Crippen molar-refractivity contribution in [2.45, 2.75) is 70.9 Å². The Labute approximate surface area is 180 Å². The highest BCUT2D eigenvalue weighted by molar-refractivity contribution is 8.00. The van der Waals surface area contributed by atoms with Crippen molar-refractivity contribution in [3.05, 3.63) is 29.8 Å². The number of nitrogens with zero attached hydrogens (tertiary/aromatic N) is 2. The first kappa shape index (κ1) is 23.6. The summed E-state index contributed by atoms with van der Waals surface area (Å²) in [5, 5.41) is 0. The molecule has 29 heavy (non-hydrogen) atoms. The summed E-state index contributed by atoms with van der Waals surface area (Å²) in [6.45, 7) is 13.9. The average Bonchev–Trinajstić information content (AvgIpc) is 2.64. The Morgan fingerprint density at radius 3 is 2.48 bits per heavy atom. The van der Waals surface area contributed by atoms with Crippen molar-refractivity contribution in [1.82, 2.24) is 9.80 Å². The molecule has 1 heterocycles. The maximum absolute atomic E-state index is 12.7. The molecule has 2 amide bonds. The van der Waals surface area contributed by atoms with Gasteiger partial charge in [-0.15, -0.1) is 11.8 Å². The topological polar surface area (TPSA) is 49.9 Å². The third-order valence-electron chi connectivity index (χ3n) is 4.96. The minimum Gasteiger partial charge on any atom is -0.444 e. The standard InChI is InChI=1S/C23H36N2O3S/c1-17(2)25(22(27)28-23(4,5)6)15-19-8-7-13-24(14-19)21(26)16-29-20-11-9-18(3)10-12-20/h9-12,17,19H,7-8,13-16H2,1-6H3. The first-order valence-corrected chi connectivity index (χ1v) is 11.5. The molecule has 1 atom stereocenters. The molecule has 0 saturated carbocycles. The first-order valence-electron chi connectivity index (χ1n) is 10.5. The molecule has 0 aromatic heterocycles. The molecule has 0 radical (unpaired) electrons. The maximum atomic E-state index is 12.7. The fourth-order valence-corrected chi connectivity index (χ4v) is 4.21. The van der Waals surface area contributed by atoms with Gasteiger partial charge >= 0.3 is 6.09 Å². The molecule has 1 fully saturated rings. The van der Waals surface area contributed by atoms with Crippen molar-refractivity contribution in [1.29, 1.82) is 0 Å². The average molecular weight is 421 g/mol. The lowest BCUT2D eigenvalue weighted by Gasteiger charge is -2.37. The molecule has 1 saturated heterocycles. The number of ether oxygens (including phenoxy) is 1. The first-order chi connectivity index (χ1) is 13.5. The summed E-state index contributed by atoms with van der Waals surface area (Å²) in [5.41, 5.74) is 0.714. The molecule has 0 spiro atoms. The fraction of sp³-hybridized carbons (Fsp3) is 0.652. The maximum Gasteiger partial charge on any atom is 0.410 e. The van der Waals surface area contributed by atoms with Crippen molar-refractivity contribution in [3.63, 3.8) is 0 Å². The lowest BCUT2D eigenvalue weighted by atomic mass is 9.97. The van der Waals surface area contributed by atoms with E-state index in [0.717, 1.165) is 24.3 Å². The van der Waals surface area contributed by atoms with Gasteiger partial charge in [-0.1, -0.05) is 17.7 Å². The number of rotatable bonds is 6. The second kappa shape index (κ2) is 10.4. The molecule has 162 valence electrons. The number of carbonyl (C=O) groups is 2. The number of thioether (sulfide) groups is 1. The number of hydrogen-bond donors (Lipinski definition) is 0. The molecule has 0 N–H and O–H groups in total. The largest absolute Gasteiger partial charge is 0.444 e. The van der Waals surface area contributed by atoms with Crippen molar-refractivity contribution < 1.29 is 14.3 Å². The van der Waals surface area contributed by atoms with Crippen LogP contribution < -0.4 is 0 Å². The van der Waals surface area contributed by atoms with Gasteiger partial charge in [-0.25, -0.2) is 4.79 Å². The Balaban J connectivity index is 1.90. The van der Waals surface area contributed by atoms with Crippen LogP contribution in [-0.2, 0) is 9.53 Å². The minimum absolute atomic E-state index is 0.0630. The van der Waals surface area contributed by atoms with Crippen LogP contribution in [0, 0.1) is 12.8 Å². The summed E-state index contributed by atoms with van der Waals surface area (Å²) in [4.78, 5) is 30.2. The van der Waals surface area contributed by atoms with Gasteiger partial charge in [0.1, 0.15) is 5.60 Å². The molecule has 1 aliphatic heterocycles. The third-order valence-corrected chi connectivity index (χ3v) is 5.96.